The van der Waals surface area contributed by atoms with Crippen molar-refractivity contribution in [1.82, 2.24) is 9.78 Å². The molecule has 0 saturated carbocycles. The van der Waals surface area contributed by atoms with Gasteiger partial charge >= 0.3 is 0 Å². The van der Waals surface area contributed by atoms with E-state index in [1.807, 2.05) is 4.68 Å². The Bertz CT molecular complexity index is 410. The van der Waals surface area contributed by atoms with Gasteiger partial charge in [-0.05, 0) is 41.6 Å². The lowest BCUT2D eigenvalue weighted by Crippen LogP contribution is -2.08. The first kappa shape index (κ1) is 15.4. The van der Waals surface area contributed by atoms with Gasteiger partial charge in [0.25, 0.3) is 0 Å². The molecule has 0 saturated heterocycles. The van der Waals surface area contributed by atoms with E-state index in [9.17, 15) is 4.79 Å². The van der Waals surface area contributed by atoms with Gasteiger partial charge in [0, 0.05) is 19.4 Å². The van der Waals surface area contributed by atoms with Crippen molar-refractivity contribution in [2.24, 2.45) is 5.92 Å². The van der Waals surface area contributed by atoms with Gasteiger partial charge < -0.3 is 0 Å². The number of rotatable bonds is 7. The first-order chi connectivity index (χ1) is 8.49. The molecule has 0 aliphatic carbocycles. The molecule has 0 aromatic carbocycles. The molecule has 1 aromatic rings. The van der Waals surface area contributed by atoms with E-state index in [1.54, 1.807) is 0 Å². The molecule has 1 aromatic heterocycles. The van der Waals surface area contributed by atoms with Crippen molar-refractivity contribution in [3.05, 3.63) is 15.9 Å². The SMILES string of the molecule is CCc1nn(CC)c(CCC(=O)CC(C)C)c1Br. The maximum Gasteiger partial charge on any atom is 0.133 e. The lowest BCUT2D eigenvalue weighted by atomic mass is 10.0. The van der Waals surface area contributed by atoms with Crippen molar-refractivity contribution in [3.63, 3.8) is 0 Å². The average molecular weight is 315 g/mol. The van der Waals surface area contributed by atoms with Crippen LogP contribution in [-0.2, 0) is 24.2 Å². The highest BCUT2D eigenvalue weighted by atomic mass is 79.9. The number of hydrogen-bond acceptors (Lipinski definition) is 2. The zero-order chi connectivity index (χ0) is 13.7. The molecule has 0 bridgehead atoms. The van der Waals surface area contributed by atoms with Gasteiger partial charge in [-0.15, -0.1) is 0 Å². The van der Waals surface area contributed by atoms with Gasteiger partial charge in [0.05, 0.1) is 15.9 Å². The van der Waals surface area contributed by atoms with Crippen LogP contribution in [0.15, 0.2) is 4.47 Å². The van der Waals surface area contributed by atoms with Crippen molar-refractivity contribution in [3.8, 4) is 0 Å². The molecule has 18 heavy (non-hydrogen) atoms. The first-order valence-corrected chi connectivity index (χ1v) is 7.54. The van der Waals surface area contributed by atoms with Gasteiger partial charge in [-0.1, -0.05) is 20.8 Å². The van der Waals surface area contributed by atoms with Crippen molar-refractivity contribution in [1.29, 1.82) is 0 Å². The molecular formula is C14H23BrN2O. The third-order valence-electron chi connectivity index (χ3n) is 2.97. The summed E-state index contributed by atoms with van der Waals surface area (Å²) >= 11 is 3.61. The highest BCUT2D eigenvalue weighted by Gasteiger charge is 2.15. The van der Waals surface area contributed by atoms with Crippen LogP contribution >= 0.6 is 15.9 Å². The molecule has 0 N–H and O–H groups in total. The summed E-state index contributed by atoms with van der Waals surface area (Å²) in [6, 6.07) is 0. The zero-order valence-electron chi connectivity index (χ0n) is 11.8. The highest BCUT2D eigenvalue weighted by Crippen LogP contribution is 2.23. The quantitative estimate of drug-likeness (QED) is 0.767. The summed E-state index contributed by atoms with van der Waals surface area (Å²) in [7, 11) is 0. The molecule has 0 aliphatic heterocycles. The van der Waals surface area contributed by atoms with E-state index in [0.717, 1.165) is 35.2 Å². The Morgan fingerprint density at radius 2 is 2.06 bits per heavy atom. The summed E-state index contributed by atoms with van der Waals surface area (Å²) in [5.41, 5.74) is 2.25. The number of hydrogen-bond donors (Lipinski definition) is 0. The first-order valence-electron chi connectivity index (χ1n) is 6.75. The van der Waals surface area contributed by atoms with E-state index < -0.39 is 0 Å². The van der Waals surface area contributed by atoms with Crippen LogP contribution in [0.3, 0.4) is 0 Å². The zero-order valence-corrected chi connectivity index (χ0v) is 13.4. The minimum atomic E-state index is 0.346. The van der Waals surface area contributed by atoms with Gasteiger partial charge in [-0.2, -0.15) is 5.10 Å². The van der Waals surface area contributed by atoms with Gasteiger partial charge in [-0.3, -0.25) is 9.48 Å². The standard InChI is InChI=1S/C14H23BrN2O/c1-5-12-14(15)13(17(6-2)16-12)8-7-11(18)9-10(3)4/h10H,5-9H2,1-4H3. The van der Waals surface area contributed by atoms with Crippen LogP contribution in [0.2, 0.25) is 0 Å². The van der Waals surface area contributed by atoms with E-state index in [-0.39, 0.29) is 0 Å². The Kier molecular flexibility index (Phi) is 6.06. The molecule has 102 valence electrons. The molecule has 0 aliphatic rings. The largest absolute Gasteiger partial charge is 0.300 e. The van der Waals surface area contributed by atoms with E-state index in [2.05, 4.69) is 48.7 Å². The summed E-state index contributed by atoms with van der Waals surface area (Å²) in [4.78, 5) is 11.8. The lowest BCUT2D eigenvalue weighted by Gasteiger charge is -2.06. The number of carbonyl (C=O) groups is 1. The molecular weight excluding hydrogens is 292 g/mol. The minimum absolute atomic E-state index is 0.346. The summed E-state index contributed by atoms with van der Waals surface area (Å²) in [5, 5.41) is 4.54. The van der Waals surface area contributed by atoms with Gasteiger partial charge in [-0.25, -0.2) is 0 Å². The number of nitrogens with zero attached hydrogens (tertiary/aromatic N) is 2. The van der Waals surface area contributed by atoms with Gasteiger partial charge in [0.2, 0.25) is 0 Å². The fraction of sp³-hybridized carbons (Fsp3) is 0.714. The van der Waals surface area contributed by atoms with Crippen LogP contribution < -0.4 is 0 Å². The number of Topliss-reactive ketones (excluding diaryl/α,β-unsaturated/α-hetero) is 1. The number of halogens is 1. The molecule has 0 fully saturated rings. The Labute approximate surface area is 118 Å². The van der Waals surface area contributed by atoms with Crippen LogP contribution in [-0.4, -0.2) is 15.6 Å². The monoisotopic (exact) mass is 314 g/mol. The second kappa shape index (κ2) is 7.07. The summed E-state index contributed by atoms with van der Waals surface area (Å²) in [5.74, 6) is 0.794. The summed E-state index contributed by atoms with van der Waals surface area (Å²) in [6.45, 7) is 9.20. The molecule has 0 radical (unpaired) electrons. The Hall–Kier alpha value is -0.640. The fourth-order valence-corrected chi connectivity index (χ4v) is 2.83. The van der Waals surface area contributed by atoms with Crippen LogP contribution in [0, 0.1) is 5.92 Å². The van der Waals surface area contributed by atoms with Crippen LogP contribution in [0.4, 0.5) is 0 Å². The lowest BCUT2D eigenvalue weighted by molar-refractivity contribution is -0.119. The smallest absolute Gasteiger partial charge is 0.133 e. The van der Waals surface area contributed by atoms with Crippen molar-refractivity contribution < 1.29 is 4.79 Å². The van der Waals surface area contributed by atoms with Gasteiger partial charge in [0.1, 0.15) is 5.78 Å². The molecule has 0 amide bonds. The average Bonchev–Trinajstić information content (AvgIpc) is 2.62. The third kappa shape index (κ3) is 3.94. The predicted octanol–water partition coefficient (Wildman–Crippen LogP) is 3.78. The van der Waals surface area contributed by atoms with E-state index in [4.69, 9.17) is 0 Å². The molecule has 1 rings (SSSR count). The molecule has 4 heteroatoms. The molecule has 0 spiro atoms. The summed E-state index contributed by atoms with van der Waals surface area (Å²) in [6.07, 6.45) is 3.00. The van der Waals surface area contributed by atoms with Crippen molar-refractivity contribution in [2.45, 2.75) is 59.9 Å². The minimum Gasteiger partial charge on any atom is -0.300 e. The second-order valence-corrected chi connectivity index (χ2v) is 5.81. The molecule has 3 nitrogen and oxygen atoms in total. The molecule has 0 unspecified atom stereocenters. The maximum absolute atomic E-state index is 11.8. The fourth-order valence-electron chi connectivity index (χ4n) is 2.07. The number of aryl methyl sites for hydroxylation is 2. The van der Waals surface area contributed by atoms with Crippen molar-refractivity contribution in [2.75, 3.05) is 0 Å². The van der Waals surface area contributed by atoms with Crippen molar-refractivity contribution >= 4 is 21.7 Å². The topological polar surface area (TPSA) is 34.9 Å². The highest BCUT2D eigenvalue weighted by molar-refractivity contribution is 9.10. The van der Waals surface area contributed by atoms with Crippen LogP contribution in [0.1, 0.15) is 51.9 Å². The molecule has 0 atom stereocenters. The van der Waals surface area contributed by atoms with E-state index in [1.165, 1.54) is 0 Å². The third-order valence-corrected chi connectivity index (χ3v) is 3.89. The Morgan fingerprint density at radius 1 is 1.39 bits per heavy atom. The number of ketones is 1. The number of carbonyl (C=O) groups excluding carboxylic acids is 1. The van der Waals surface area contributed by atoms with Crippen LogP contribution in [0.5, 0.6) is 0 Å². The molecule has 1 heterocycles. The normalized spacial score (nSPS) is 11.2. The maximum atomic E-state index is 11.8. The van der Waals surface area contributed by atoms with E-state index in [0.29, 0.717) is 24.5 Å². The Balaban J connectivity index is 2.72. The number of aromatic nitrogens is 2. The van der Waals surface area contributed by atoms with E-state index >= 15 is 0 Å². The van der Waals surface area contributed by atoms with Gasteiger partial charge in [0.15, 0.2) is 0 Å². The summed E-state index contributed by atoms with van der Waals surface area (Å²) < 4.78 is 3.09. The predicted molar refractivity (Wildman–Crippen MR) is 77.8 cm³/mol. The van der Waals surface area contributed by atoms with Crippen LogP contribution in [0.25, 0.3) is 0 Å². The Morgan fingerprint density at radius 3 is 2.56 bits per heavy atom. The second-order valence-electron chi connectivity index (χ2n) is 5.01.